The molecule has 0 unspecified atom stereocenters. The highest BCUT2D eigenvalue weighted by molar-refractivity contribution is 14.0. The molecular weight excluding hydrogens is 434 g/mol. The zero-order valence-electron chi connectivity index (χ0n) is 14.7. The number of unbranched alkanes of at least 4 members (excludes halogenated alkanes) is 1. The molecule has 0 radical (unpaired) electrons. The van der Waals surface area contributed by atoms with E-state index in [1.807, 2.05) is 6.92 Å². The first-order valence-corrected chi connectivity index (χ1v) is 8.40. The Labute approximate surface area is 160 Å². The van der Waals surface area contributed by atoms with Gasteiger partial charge in [0.25, 0.3) is 0 Å². The van der Waals surface area contributed by atoms with Gasteiger partial charge in [-0.25, -0.2) is 0 Å². The molecule has 0 aliphatic carbocycles. The maximum absolute atomic E-state index is 12.1. The van der Waals surface area contributed by atoms with Crippen molar-refractivity contribution in [3.63, 3.8) is 0 Å². The number of rotatable bonds is 8. The van der Waals surface area contributed by atoms with Gasteiger partial charge in [-0.2, -0.15) is 13.2 Å². The molecule has 5 nitrogen and oxygen atoms in total. The highest BCUT2D eigenvalue weighted by Crippen LogP contribution is 2.18. The Hall–Kier alpha value is -0.290. The highest BCUT2D eigenvalue weighted by Gasteiger charge is 2.26. The monoisotopic (exact) mass is 465 g/mol. The van der Waals surface area contributed by atoms with Gasteiger partial charge < -0.3 is 20.4 Å². The third kappa shape index (κ3) is 12.1. The molecule has 9 heteroatoms. The number of aliphatic imine (C=N–C) groups is 1. The van der Waals surface area contributed by atoms with Crippen LogP contribution in [0.2, 0.25) is 0 Å². The number of halogens is 4. The van der Waals surface area contributed by atoms with Crippen molar-refractivity contribution in [1.82, 2.24) is 20.4 Å². The van der Waals surface area contributed by atoms with Gasteiger partial charge in [-0.15, -0.1) is 24.0 Å². The number of guanidine groups is 1. The Morgan fingerprint density at radius 3 is 2.33 bits per heavy atom. The minimum absolute atomic E-state index is 0. The van der Waals surface area contributed by atoms with Crippen LogP contribution in [0.1, 0.15) is 26.2 Å². The van der Waals surface area contributed by atoms with Crippen LogP contribution in [0.25, 0.3) is 0 Å². The molecule has 0 aromatic heterocycles. The van der Waals surface area contributed by atoms with E-state index in [2.05, 4.69) is 32.5 Å². The predicted molar refractivity (Wildman–Crippen MR) is 103 cm³/mol. The third-order valence-electron chi connectivity index (χ3n) is 3.79. The summed E-state index contributed by atoms with van der Waals surface area (Å²) in [5, 5.41) is 5.69. The number of nitrogens with zero attached hydrogens (tertiary/aromatic N) is 3. The van der Waals surface area contributed by atoms with Crippen LogP contribution in [0.3, 0.4) is 0 Å². The van der Waals surface area contributed by atoms with E-state index in [0.717, 1.165) is 45.6 Å². The Morgan fingerprint density at radius 1 is 1.08 bits per heavy atom. The SMILES string of the molecule is CCNC(=NCCCCN1CCN(C)CC1)NCCC(F)(F)F.I. The molecule has 2 N–H and O–H groups in total. The van der Waals surface area contributed by atoms with Crippen molar-refractivity contribution in [2.45, 2.75) is 32.4 Å². The smallest absolute Gasteiger partial charge is 0.357 e. The maximum Gasteiger partial charge on any atom is 0.390 e. The van der Waals surface area contributed by atoms with Crippen molar-refractivity contribution in [3.05, 3.63) is 0 Å². The van der Waals surface area contributed by atoms with Crippen molar-refractivity contribution in [2.24, 2.45) is 4.99 Å². The van der Waals surface area contributed by atoms with Crippen molar-refractivity contribution in [3.8, 4) is 0 Å². The lowest BCUT2D eigenvalue weighted by Crippen LogP contribution is -2.44. The van der Waals surface area contributed by atoms with E-state index in [0.29, 0.717) is 19.0 Å². The average molecular weight is 465 g/mol. The number of nitrogens with one attached hydrogen (secondary N) is 2. The summed E-state index contributed by atoms with van der Waals surface area (Å²) in [7, 11) is 2.14. The summed E-state index contributed by atoms with van der Waals surface area (Å²) >= 11 is 0. The van der Waals surface area contributed by atoms with Crippen molar-refractivity contribution >= 4 is 29.9 Å². The van der Waals surface area contributed by atoms with E-state index in [9.17, 15) is 13.2 Å². The van der Waals surface area contributed by atoms with Gasteiger partial charge >= 0.3 is 6.18 Å². The van der Waals surface area contributed by atoms with E-state index in [1.54, 1.807) is 0 Å². The van der Waals surface area contributed by atoms with E-state index in [1.165, 1.54) is 0 Å². The van der Waals surface area contributed by atoms with Crippen LogP contribution >= 0.6 is 24.0 Å². The molecule has 0 amide bonds. The fourth-order valence-electron chi connectivity index (χ4n) is 2.37. The van der Waals surface area contributed by atoms with Crippen LogP contribution in [0.15, 0.2) is 4.99 Å². The first kappa shape index (κ1) is 23.7. The standard InChI is InChI=1S/C15H30F3N5.HI/c1-3-19-14(21-8-6-15(16,17)18)20-7-4-5-9-23-12-10-22(2)11-13-23;/h3-13H2,1-2H3,(H2,19,20,21);1H. The third-order valence-corrected chi connectivity index (χ3v) is 3.79. The number of piperazine rings is 1. The summed E-state index contributed by atoms with van der Waals surface area (Å²) < 4.78 is 36.4. The number of hydrogen-bond donors (Lipinski definition) is 2. The molecule has 1 aliphatic rings. The minimum Gasteiger partial charge on any atom is -0.357 e. The maximum atomic E-state index is 12.1. The van der Waals surface area contributed by atoms with Gasteiger partial charge in [-0.05, 0) is 33.4 Å². The molecule has 1 fully saturated rings. The van der Waals surface area contributed by atoms with Crippen molar-refractivity contribution < 1.29 is 13.2 Å². The van der Waals surface area contributed by atoms with Gasteiger partial charge in [0.2, 0.25) is 0 Å². The largest absolute Gasteiger partial charge is 0.390 e. The molecule has 1 rings (SSSR count). The lowest BCUT2D eigenvalue weighted by Gasteiger charge is -2.32. The second kappa shape index (κ2) is 13.0. The van der Waals surface area contributed by atoms with Crippen LogP contribution in [-0.4, -0.2) is 81.3 Å². The first-order valence-electron chi connectivity index (χ1n) is 8.40. The summed E-state index contributed by atoms with van der Waals surface area (Å²) in [6.07, 6.45) is -2.97. The Morgan fingerprint density at radius 2 is 1.75 bits per heavy atom. The predicted octanol–water partition coefficient (Wildman–Crippen LogP) is 2.14. The zero-order valence-corrected chi connectivity index (χ0v) is 17.0. The minimum atomic E-state index is -4.13. The molecule has 0 aromatic rings. The van der Waals surface area contributed by atoms with Gasteiger partial charge in [0.15, 0.2) is 5.96 Å². The summed E-state index contributed by atoms with van der Waals surface area (Å²) in [5.74, 6) is 0.469. The van der Waals surface area contributed by atoms with Crippen LogP contribution in [0.5, 0.6) is 0 Å². The topological polar surface area (TPSA) is 42.9 Å². The highest BCUT2D eigenvalue weighted by atomic mass is 127. The lowest BCUT2D eigenvalue weighted by atomic mass is 10.2. The van der Waals surface area contributed by atoms with E-state index < -0.39 is 12.6 Å². The second-order valence-electron chi connectivity index (χ2n) is 5.90. The Balaban J connectivity index is 0.00000529. The van der Waals surface area contributed by atoms with E-state index >= 15 is 0 Å². The summed E-state index contributed by atoms with van der Waals surface area (Å²) in [6, 6.07) is 0. The fraction of sp³-hybridized carbons (Fsp3) is 0.933. The van der Waals surface area contributed by atoms with Crippen LogP contribution < -0.4 is 10.6 Å². The molecule has 144 valence electrons. The lowest BCUT2D eigenvalue weighted by molar-refractivity contribution is -0.132. The molecule has 1 heterocycles. The van der Waals surface area contributed by atoms with Gasteiger partial charge in [0, 0.05) is 45.8 Å². The van der Waals surface area contributed by atoms with Crippen molar-refractivity contribution in [1.29, 1.82) is 0 Å². The molecule has 1 aliphatic heterocycles. The normalized spacial score (nSPS) is 17.5. The quantitative estimate of drug-likeness (QED) is 0.250. The van der Waals surface area contributed by atoms with Crippen LogP contribution in [-0.2, 0) is 0 Å². The number of alkyl halides is 3. The molecule has 1 saturated heterocycles. The van der Waals surface area contributed by atoms with E-state index in [-0.39, 0.29) is 30.5 Å². The van der Waals surface area contributed by atoms with Gasteiger partial charge in [0.1, 0.15) is 0 Å². The number of hydrogen-bond acceptors (Lipinski definition) is 3. The van der Waals surface area contributed by atoms with Crippen molar-refractivity contribution in [2.75, 3.05) is 59.4 Å². The number of likely N-dealkylation sites (N-methyl/N-ethyl adjacent to an activating group) is 1. The van der Waals surface area contributed by atoms with Gasteiger partial charge in [-0.3, -0.25) is 4.99 Å². The van der Waals surface area contributed by atoms with Gasteiger partial charge in [0.05, 0.1) is 6.42 Å². The van der Waals surface area contributed by atoms with Gasteiger partial charge in [-0.1, -0.05) is 0 Å². The van der Waals surface area contributed by atoms with E-state index in [4.69, 9.17) is 0 Å². The summed E-state index contributed by atoms with van der Waals surface area (Å²) in [6.45, 7) is 8.56. The summed E-state index contributed by atoms with van der Waals surface area (Å²) in [4.78, 5) is 9.11. The molecule has 0 bridgehead atoms. The molecule has 0 saturated carbocycles. The average Bonchev–Trinajstić information content (AvgIpc) is 2.47. The first-order chi connectivity index (χ1) is 10.9. The molecular formula is C15H31F3IN5. The molecule has 0 spiro atoms. The van der Waals surface area contributed by atoms with Crippen LogP contribution in [0, 0.1) is 0 Å². The Bertz CT molecular complexity index is 344. The fourth-order valence-corrected chi connectivity index (χ4v) is 2.37. The molecule has 24 heavy (non-hydrogen) atoms. The molecule has 0 aromatic carbocycles. The Kier molecular flexibility index (Phi) is 12.8. The second-order valence-corrected chi connectivity index (χ2v) is 5.90. The molecule has 0 atom stereocenters. The zero-order chi connectivity index (χ0) is 17.1. The summed E-state index contributed by atoms with van der Waals surface area (Å²) in [5.41, 5.74) is 0. The van der Waals surface area contributed by atoms with Crippen LogP contribution in [0.4, 0.5) is 13.2 Å².